The van der Waals surface area contributed by atoms with E-state index in [0.29, 0.717) is 27.8 Å². The summed E-state index contributed by atoms with van der Waals surface area (Å²) in [6, 6.07) is 5.62. The maximum Gasteiger partial charge on any atom is 0.410 e. The Morgan fingerprint density at radius 2 is 1.82 bits per heavy atom. The van der Waals surface area contributed by atoms with Gasteiger partial charge in [0, 0.05) is 18.6 Å². The molecule has 4 rings (SSSR count). The predicted molar refractivity (Wildman–Crippen MR) is 112 cm³/mol. The Labute approximate surface area is 190 Å². The highest BCUT2D eigenvalue weighted by atomic mass is 19.4. The normalized spacial score (nSPS) is 17.5. The minimum atomic E-state index is -4.66. The number of fused-ring (bicyclic) bond motifs is 1. The van der Waals surface area contributed by atoms with Crippen molar-refractivity contribution in [2.75, 3.05) is 24.9 Å². The van der Waals surface area contributed by atoms with Crippen molar-refractivity contribution >= 4 is 17.4 Å². The monoisotopic (exact) mass is 482 g/mol. The van der Waals surface area contributed by atoms with Gasteiger partial charge in [0.05, 0.1) is 25.9 Å². The molecule has 0 saturated heterocycles. The van der Waals surface area contributed by atoms with Crippen molar-refractivity contribution in [3.63, 3.8) is 0 Å². The summed E-state index contributed by atoms with van der Waals surface area (Å²) in [5, 5.41) is 8.97. The van der Waals surface area contributed by atoms with Crippen LogP contribution in [0, 0.1) is 11.6 Å². The first-order valence-corrected chi connectivity index (χ1v) is 10.0. The quantitative estimate of drug-likeness (QED) is 0.496. The number of nitrogens with one attached hydrogen (secondary N) is 2. The Balaban J connectivity index is 1.65. The third-order valence-corrected chi connectivity index (χ3v) is 5.41. The Bertz CT molecular complexity index is 1230. The van der Waals surface area contributed by atoms with Gasteiger partial charge in [-0.15, -0.1) is 0 Å². The molecule has 2 N–H and O–H groups in total. The highest BCUT2D eigenvalue weighted by Gasteiger charge is 2.47. The molecule has 1 aromatic heterocycles. The molecule has 0 spiro atoms. The number of ether oxygens (including phenoxy) is 2. The van der Waals surface area contributed by atoms with Crippen molar-refractivity contribution in [1.29, 1.82) is 0 Å². The molecular formula is C22H19F5N4O3. The number of alkyl halides is 3. The van der Waals surface area contributed by atoms with E-state index in [1.807, 2.05) is 0 Å². The van der Waals surface area contributed by atoms with E-state index in [9.17, 15) is 26.7 Å². The molecule has 0 aliphatic carbocycles. The number of halogens is 5. The van der Waals surface area contributed by atoms with E-state index < -0.39 is 42.2 Å². The van der Waals surface area contributed by atoms with E-state index in [0.717, 1.165) is 18.2 Å². The van der Waals surface area contributed by atoms with Crippen molar-refractivity contribution in [3.8, 4) is 11.5 Å². The van der Waals surface area contributed by atoms with Gasteiger partial charge < -0.3 is 20.1 Å². The number of hydrogen-bond acceptors (Lipinski definition) is 5. The van der Waals surface area contributed by atoms with Crippen LogP contribution in [0.25, 0.3) is 0 Å². The van der Waals surface area contributed by atoms with Crippen molar-refractivity contribution in [1.82, 2.24) is 9.78 Å². The number of carbonyl (C=O) groups is 1. The van der Waals surface area contributed by atoms with Gasteiger partial charge in [-0.25, -0.2) is 13.5 Å². The third kappa shape index (κ3) is 4.47. The van der Waals surface area contributed by atoms with Crippen LogP contribution in [0.2, 0.25) is 0 Å². The Morgan fingerprint density at radius 3 is 2.47 bits per heavy atom. The molecule has 2 aromatic carbocycles. The first-order valence-electron chi connectivity index (χ1n) is 10.0. The van der Waals surface area contributed by atoms with Crippen LogP contribution in [0.4, 0.5) is 33.5 Å². The minimum Gasteiger partial charge on any atom is -0.493 e. The summed E-state index contributed by atoms with van der Waals surface area (Å²) in [6.07, 6.45) is -5.06. The molecule has 0 fully saturated rings. The molecule has 0 bridgehead atoms. The van der Waals surface area contributed by atoms with Gasteiger partial charge in [-0.1, -0.05) is 6.07 Å². The molecule has 2 atom stereocenters. The summed E-state index contributed by atoms with van der Waals surface area (Å²) in [4.78, 5) is 12.5. The third-order valence-electron chi connectivity index (χ3n) is 5.41. The van der Waals surface area contributed by atoms with Crippen LogP contribution in [-0.2, 0) is 0 Å². The molecule has 2 heterocycles. The van der Waals surface area contributed by atoms with Crippen LogP contribution >= 0.6 is 0 Å². The second-order valence-corrected chi connectivity index (χ2v) is 7.54. The topological polar surface area (TPSA) is 77.4 Å². The van der Waals surface area contributed by atoms with E-state index in [4.69, 9.17) is 9.47 Å². The largest absolute Gasteiger partial charge is 0.493 e. The molecule has 180 valence electrons. The standard InChI is InChI=1S/C22H19F5N4O3/c1-33-17-6-3-11(7-18(17)34-2)15-9-19(22(25,26)27)31-20(28-15)10-16(30-31)21(32)29-14-5-4-12(23)8-13(14)24/h3-8,10,15,19,28H,9H2,1-2H3,(H,29,32)/t15-,19+/m0/s1. The number of amides is 1. The second kappa shape index (κ2) is 8.84. The number of hydrogen-bond donors (Lipinski definition) is 2. The fourth-order valence-corrected chi connectivity index (χ4v) is 3.75. The van der Waals surface area contributed by atoms with Gasteiger partial charge in [0.2, 0.25) is 0 Å². The van der Waals surface area contributed by atoms with Crippen molar-refractivity contribution in [3.05, 3.63) is 65.4 Å². The van der Waals surface area contributed by atoms with Crippen LogP contribution < -0.4 is 20.1 Å². The van der Waals surface area contributed by atoms with E-state index in [-0.39, 0.29) is 17.2 Å². The lowest BCUT2D eigenvalue weighted by Gasteiger charge is -2.33. The molecule has 1 aliphatic rings. The number of benzene rings is 2. The van der Waals surface area contributed by atoms with E-state index in [2.05, 4.69) is 15.7 Å². The molecule has 0 saturated carbocycles. The van der Waals surface area contributed by atoms with Crippen molar-refractivity contribution < 1.29 is 36.2 Å². The molecule has 12 heteroatoms. The zero-order chi connectivity index (χ0) is 24.6. The number of nitrogens with zero attached hydrogens (tertiary/aromatic N) is 2. The molecule has 34 heavy (non-hydrogen) atoms. The highest BCUT2D eigenvalue weighted by Crippen LogP contribution is 2.44. The first-order chi connectivity index (χ1) is 16.1. The van der Waals surface area contributed by atoms with Crippen LogP contribution in [0.5, 0.6) is 11.5 Å². The zero-order valence-electron chi connectivity index (χ0n) is 17.9. The average Bonchev–Trinajstić information content (AvgIpc) is 3.23. The zero-order valence-corrected chi connectivity index (χ0v) is 17.9. The smallest absolute Gasteiger partial charge is 0.410 e. The van der Waals surface area contributed by atoms with Gasteiger partial charge >= 0.3 is 6.18 Å². The van der Waals surface area contributed by atoms with Gasteiger partial charge in [-0.3, -0.25) is 4.79 Å². The fourth-order valence-electron chi connectivity index (χ4n) is 3.75. The van der Waals surface area contributed by atoms with Crippen LogP contribution in [0.1, 0.15) is 34.6 Å². The van der Waals surface area contributed by atoms with Gasteiger partial charge in [-0.2, -0.15) is 18.3 Å². The molecular weight excluding hydrogens is 463 g/mol. The number of aromatic nitrogens is 2. The van der Waals surface area contributed by atoms with Crippen molar-refractivity contribution in [2.24, 2.45) is 0 Å². The fraction of sp³-hybridized carbons (Fsp3) is 0.273. The molecule has 0 radical (unpaired) electrons. The van der Waals surface area contributed by atoms with E-state index in [1.165, 1.54) is 14.2 Å². The summed E-state index contributed by atoms with van der Waals surface area (Å²) >= 11 is 0. The van der Waals surface area contributed by atoms with Crippen molar-refractivity contribution in [2.45, 2.75) is 24.7 Å². The number of carbonyl (C=O) groups excluding carboxylic acids is 1. The van der Waals surface area contributed by atoms with Crippen LogP contribution in [0.3, 0.4) is 0 Å². The first kappa shape index (κ1) is 23.3. The molecule has 3 aromatic rings. The van der Waals surface area contributed by atoms with Crippen LogP contribution in [0.15, 0.2) is 42.5 Å². The number of anilines is 2. The van der Waals surface area contributed by atoms with Gasteiger partial charge in [0.25, 0.3) is 5.91 Å². The number of rotatable bonds is 5. The lowest BCUT2D eigenvalue weighted by molar-refractivity contribution is -0.173. The summed E-state index contributed by atoms with van der Waals surface area (Å²) in [5.41, 5.74) is -0.187. The predicted octanol–water partition coefficient (Wildman–Crippen LogP) is 5.09. The molecule has 1 aliphatic heterocycles. The maximum atomic E-state index is 13.9. The summed E-state index contributed by atoms with van der Waals surface area (Å²) in [5.74, 6) is -2.09. The summed E-state index contributed by atoms with van der Waals surface area (Å²) < 4.78 is 79.8. The Kier molecular flexibility index (Phi) is 6.07. The Hall–Kier alpha value is -3.83. The molecule has 7 nitrogen and oxygen atoms in total. The number of methoxy groups -OCH3 is 2. The van der Waals surface area contributed by atoms with E-state index in [1.54, 1.807) is 18.2 Å². The Morgan fingerprint density at radius 1 is 1.09 bits per heavy atom. The second-order valence-electron chi connectivity index (χ2n) is 7.54. The van der Waals surface area contributed by atoms with E-state index >= 15 is 0 Å². The maximum absolute atomic E-state index is 13.9. The highest BCUT2D eigenvalue weighted by molar-refractivity contribution is 6.03. The molecule has 0 unspecified atom stereocenters. The lowest BCUT2D eigenvalue weighted by atomic mass is 9.96. The van der Waals surface area contributed by atoms with Gasteiger partial charge in [-0.05, 0) is 29.8 Å². The SMILES string of the molecule is COc1ccc([C@@H]2C[C@H](C(F)(F)F)n3nc(C(=O)Nc4ccc(F)cc4F)cc3N2)cc1OC. The lowest BCUT2D eigenvalue weighted by Crippen LogP contribution is -2.35. The summed E-state index contributed by atoms with van der Waals surface area (Å²) in [6.45, 7) is 0. The molecule has 1 amide bonds. The van der Waals surface area contributed by atoms with Gasteiger partial charge in [0.1, 0.15) is 17.5 Å². The van der Waals surface area contributed by atoms with Gasteiger partial charge in [0.15, 0.2) is 23.2 Å². The minimum absolute atomic E-state index is 0.0434. The average molecular weight is 482 g/mol. The van der Waals surface area contributed by atoms with Crippen LogP contribution in [-0.4, -0.2) is 36.1 Å². The summed E-state index contributed by atoms with van der Waals surface area (Å²) in [7, 11) is 2.86.